The number of benzene rings is 1. The molecule has 1 N–H and O–H groups in total. The van der Waals surface area contributed by atoms with Crippen LogP contribution in [0.15, 0.2) is 47.6 Å². The van der Waals surface area contributed by atoms with Gasteiger partial charge in [0.15, 0.2) is 11.3 Å². The second-order valence-electron chi connectivity index (χ2n) is 10.6. The fourth-order valence-electron chi connectivity index (χ4n) is 6.02. The number of aryl methyl sites for hydroxylation is 1. The van der Waals surface area contributed by atoms with Crippen LogP contribution < -0.4 is 4.72 Å². The van der Waals surface area contributed by atoms with Gasteiger partial charge in [0.25, 0.3) is 10.0 Å². The molecule has 4 heterocycles. The highest BCUT2D eigenvalue weighted by molar-refractivity contribution is 7.90. The van der Waals surface area contributed by atoms with Gasteiger partial charge in [-0.1, -0.05) is 31.0 Å². The summed E-state index contributed by atoms with van der Waals surface area (Å²) in [6.07, 6.45) is 6.56. The number of nitrogens with one attached hydrogen (secondary N) is 1. The van der Waals surface area contributed by atoms with Crippen LogP contribution in [0.4, 0.5) is 0 Å². The SMILES string of the molecule is CC[C@@H]1C[C@H](NS(=O)(=O)CC2CCCO2)C[C@@H]1c1nnc2cnc3c(ccn3S(=O)(=O)c3ccc(C)cc3)n12. The molecule has 6 rings (SSSR count). The quantitative estimate of drug-likeness (QED) is 0.340. The Morgan fingerprint density at radius 2 is 1.87 bits per heavy atom. The van der Waals surface area contributed by atoms with E-state index in [0.29, 0.717) is 36.4 Å². The molecule has 4 atom stereocenters. The number of aromatic nitrogens is 5. The molecular weight excluding hydrogens is 540 g/mol. The van der Waals surface area contributed by atoms with Gasteiger partial charge in [0.2, 0.25) is 10.0 Å². The van der Waals surface area contributed by atoms with Crippen molar-refractivity contribution in [3.63, 3.8) is 0 Å². The highest BCUT2D eigenvalue weighted by Gasteiger charge is 2.39. The molecule has 39 heavy (non-hydrogen) atoms. The van der Waals surface area contributed by atoms with E-state index in [4.69, 9.17) is 4.74 Å². The van der Waals surface area contributed by atoms with Crippen LogP contribution in [-0.2, 0) is 24.8 Å². The monoisotopic (exact) mass is 572 g/mol. The minimum atomic E-state index is -3.86. The lowest BCUT2D eigenvalue weighted by Gasteiger charge is -2.16. The molecule has 1 unspecified atom stereocenters. The summed E-state index contributed by atoms with van der Waals surface area (Å²) < 4.78 is 64.1. The van der Waals surface area contributed by atoms with E-state index in [1.54, 1.807) is 30.3 Å². The largest absolute Gasteiger partial charge is 0.377 e. The number of hydrogen-bond donors (Lipinski definition) is 1. The van der Waals surface area contributed by atoms with Crippen molar-refractivity contribution in [2.45, 2.75) is 68.9 Å². The predicted octanol–water partition coefficient (Wildman–Crippen LogP) is 3.00. The van der Waals surface area contributed by atoms with Crippen LogP contribution in [0.25, 0.3) is 16.8 Å². The average molecular weight is 573 g/mol. The Hall–Kier alpha value is -2.87. The number of rotatable bonds is 8. The first-order chi connectivity index (χ1) is 18.7. The van der Waals surface area contributed by atoms with E-state index in [-0.39, 0.29) is 40.3 Å². The standard InChI is InChI=1S/C26H32N6O5S2/c1-3-18-13-19(30-38(33,34)16-20-5-4-12-37-20)14-22(18)25-29-28-24-15-27-26-23(32(24)25)10-11-31(26)39(35,36)21-8-6-17(2)7-9-21/h6-11,15,18-20,22,30H,3-5,12-14,16H2,1-2H3/t18-,19+,20?,22+/m1/s1. The van der Waals surface area contributed by atoms with E-state index in [2.05, 4.69) is 26.8 Å². The Morgan fingerprint density at radius 1 is 1.08 bits per heavy atom. The summed E-state index contributed by atoms with van der Waals surface area (Å²) in [6, 6.07) is 8.19. The molecule has 2 aliphatic rings. The van der Waals surface area contributed by atoms with Crippen molar-refractivity contribution in [1.82, 2.24) is 28.3 Å². The fraction of sp³-hybridized carbons (Fsp3) is 0.500. The summed E-state index contributed by atoms with van der Waals surface area (Å²) in [6.45, 7) is 4.60. The zero-order valence-electron chi connectivity index (χ0n) is 21.9. The van der Waals surface area contributed by atoms with Crippen molar-refractivity contribution in [3.05, 3.63) is 54.1 Å². The maximum atomic E-state index is 13.4. The Morgan fingerprint density at radius 3 is 2.59 bits per heavy atom. The summed E-state index contributed by atoms with van der Waals surface area (Å²) in [4.78, 5) is 4.60. The minimum Gasteiger partial charge on any atom is -0.377 e. The van der Waals surface area contributed by atoms with Gasteiger partial charge < -0.3 is 4.74 Å². The number of sulfonamides is 1. The number of nitrogens with zero attached hydrogens (tertiary/aromatic N) is 5. The number of ether oxygens (including phenoxy) is 1. The Bertz CT molecular complexity index is 1720. The molecule has 4 aromatic rings. The van der Waals surface area contributed by atoms with Crippen LogP contribution in [0.2, 0.25) is 0 Å². The van der Waals surface area contributed by atoms with E-state index in [9.17, 15) is 16.8 Å². The second kappa shape index (κ2) is 9.95. The topological polar surface area (TPSA) is 138 Å². The van der Waals surface area contributed by atoms with Gasteiger partial charge in [0.1, 0.15) is 5.82 Å². The second-order valence-corrected chi connectivity index (χ2v) is 14.2. The molecule has 3 aromatic heterocycles. The molecule has 1 aromatic carbocycles. The first-order valence-electron chi connectivity index (χ1n) is 13.3. The Kier molecular flexibility index (Phi) is 6.72. The van der Waals surface area contributed by atoms with Crippen LogP contribution in [-0.4, -0.2) is 64.9 Å². The van der Waals surface area contributed by atoms with Crippen molar-refractivity contribution >= 4 is 36.9 Å². The smallest absolute Gasteiger partial charge is 0.269 e. The predicted molar refractivity (Wildman–Crippen MR) is 145 cm³/mol. The highest BCUT2D eigenvalue weighted by Crippen LogP contribution is 2.42. The van der Waals surface area contributed by atoms with Gasteiger partial charge >= 0.3 is 0 Å². The zero-order valence-corrected chi connectivity index (χ0v) is 23.5. The zero-order chi connectivity index (χ0) is 27.4. The van der Waals surface area contributed by atoms with Gasteiger partial charge in [0, 0.05) is 24.8 Å². The van der Waals surface area contributed by atoms with Crippen molar-refractivity contribution < 1.29 is 21.6 Å². The normalized spacial score (nSPS) is 24.3. The average Bonchev–Trinajstić information content (AvgIpc) is 3.68. The third-order valence-corrected chi connectivity index (χ3v) is 11.1. The van der Waals surface area contributed by atoms with Crippen molar-refractivity contribution in [1.29, 1.82) is 0 Å². The first-order valence-corrected chi connectivity index (χ1v) is 16.4. The van der Waals surface area contributed by atoms with E-state index < -0.39 is 20.0 Å². The van der Waals surface area contributed by atoms with Crippen molar-refractivity contribution in [3.8, 4) is 0 Å². The molecule has 11 nitrogen and oxygen atoms in total. The molecule has 1 saturated heterocycles. The maximum absolute atomic E-state index is 13.4. The molecule has 0 radical (unpaired) electrons. The molecule has 0 bridgehead atoms. The van der Waals surface area contributed by atoms with Crippen molar-refractivity contribution in [2.75, 3.05) is 12.4 Å². The van der Waals surface area contributed by atoms with Crippen LogP contribution in [0.3, 0.4) is 0 Å². The molecule has 0 spiro atoms. The number of fused-ring (bicyclic) bond motifs is 3. The molecule has 2 fully saturated rings. The van der Waals surface area contributed by atoms with Gasteiger partial charge in [0.05, 0.1) is 28.5 Å². The van der Waals surface area contributed by atoms with Crippen LogP contribution >= 0.6 is 0 Å². The van der Waals surface area contributed by atoms with Gasteiger partial charge in [-0.15, -0.1) is 10.2 Å². The van der Waals surface area contributed by atoms with Gasteiger partial charge in [-0.2, -0.15) is 0 Å². The van der Waals surface area contributed by atoms with E-state index >= 15 is 0 Å². The summed E-state index contributed by atoms with van der Waals surface area (Å²) in [5.41, 5.74) is 2.35. The van der Waals surface area contributed by atoms with E-state index in [1.807, 2.05) is 11.3 Å². The molecular formula is C26H32N6O5S2. The fourth-order valence-corrected chi connectivity index (χ4v) is 8.87. The van der Waals surface area contributed by atoms with Crippen molar-refractivity contribution in [2.24, 2.45) is 5.92 Å². The number of hydrogen-bond acceptors (Lipinski definition) is 8. The van der Waals surface area contributed by atoms with Crippen LogP contribution in [0.5, 0.6) is 0 Å². The first kappa shape index (κ1) is 26.4. The molecule has 13 heteroatoms. The summed E-state index contributed by atoms with van der Waals surface area (Å²) in [7, 11) is -7.35. The molecule has 1 saturated carbocycles. The summed E-state index contributed by atoms with van der Waals surface area (Å²) >= 11 is 0. The van der Waals surface area contributed by atoms with Gasteiger partial charge in [-0.05, 0) is 56.7 Å². The lowest BCUT2D eigenvalue weighted by atomic mass is 9.93. The Labute approximate surface area is 227 Å². The third-order valence-electron chi connectivity index (χ3n) is 7.97. The van der Waals surface area contributed by atoms with E-state index in [1.165, 1.54) is 16.4 Å². The van der Waals surface area contributed by atoms with E-state index in [0.717, 1.165) is 24.8 Å². The molecule has 208 valence electrons. The Balaban J connectivity index is 1.33. The molecule has 1 aliphatic heterocycles. The maximum Gasteiger partial charge on any atom is 0.269 e. The summed E-state index contributed by atoms with van der Waals surface area (Å²) in [5, 5.41) is 8.82. The molecule has 0 amide bonds. The molecule has 1 aliphatic carbocycles. The lowest BCUT2D eigenvalue weighted by Crippen LogP contribution is -2.38. The van der Waals surface area contributed by atoms with Gasteiger partial charge in [-0.25, -0.2) is 30.5 Å². The summed E-state index contributed by atoms with van der Waals surface area (Å²) in [5.74, 6) is 0.807. The third kappa shape index (κ3) is 4.85. The van der Waals surface area contributed by atoms with Gasteiger partial charge in [-0.3, -0.25) is 4.40 Å². The van der Waals surface area contributed by atoms with Crippen LogP contribution in [0.1, 0.15) is 56.3 Å². The lowest BCUT2D eigenvalue weighted by molar-refractivity contribution is 0.127. The highest BCUT2D eigenvalue weighted by atomic mass is 32.2. The minimum absolute atomic E-state index is 0.0198. The van der Waals surface area contributed by atoms with Crippen LogP contribution in [0, 0.1) is 12.8 Å².